The molecule has 0 radical (unpaired) electrons. The number of hydrogen-bond acceptors (Lipinski definition) is 5. The highest BCUT2D eigenvalue weighted by Gasteiger charge is 2.33. The summed E-state index contributed by atoms with van der Waals surface area (Å²) in [5, 5.41) is 6.46. The molecule has 0 spiro atoms. The maximum atomic E-state index is 12.4. The third-order valence-electron chi connectivity index (χ3n) is 5.49. The molecule has 1 N–H and O–H groups in total. The largest absolute Gasteiger partial charge is 0.356 e. The second-order valence-corrected chi connectivity index (χ2v) is 8.48. The number of hydrogen-bond donors (Lipinski definition) is 1. The molecule has 0 aliphatic carbocycles. The van der Waals surface area contributed by atoms with Crippen molar-refractivity contribution in [2.45, 2.75) is 39.2 Å². The Morgan fingerprint density at radius 2 is 2.22 bits per heavy atom. The van der Waals surface area contributed by atoms with Crippen molar-refractivity contribution in [1.82, 2.24) is 20.1 Å². The van der Waals surface area contributed by atoms with Crippen LogP contribution in [0, 0.1) is 11.8 Å². The number of carbonyl (C=O) groups is 2. The minimum absolute atomic E-state index is 0.0203. The maximum Gasteiger partial charge on any atom is 0.225 e. The van der Waals surface area contributed by atoms with Crippen LogP contribution in [0.3, 0.4) is 0 Å². The third-order valence-corrected chi connectivity index (χ3v) is 6.54. The molecule has 2 aliphatic heterocycles. The first-order valence-electron chi connectivity index (χ1n) is 9.91. The molecule has 2 fully saturated rings. The molecule has 2 amide bonds. The molecule has 1 unspecified atom stereocenters. The van der Waals surface area contributed by atoms with Crippen LogP contribution in [0.4, 0.5) is 0 Å². The lowest BCUT2D eigenvalue weighted by Crippen LogP contribution is -2.40. The molecule has 3 rings (SSSR count). The lowest BCUT2D eigenvalue weighted by Gasteiger charge is -2.31. The summed E-state index contributed by atoms with van der Waals surface area (Å²) >= 11 is 1.75. The Kier molecular flexibility index (Phi) is 7.01. The van der Waals surface area contributed by atoms with Gasteiger partial charge in [-0.2, -0.15) is 0 Å². The van der Waals surface area contributed by atoms with Gasteiger partial charge in [-0.05, 0) is 38.3 Å². The van der Waals surface area contributed by atoms with E-state index in [0.717, 1.165) is 45.4 Å². The fraction of sp³-hybridized carbons (Fsp3) is 0.650. The van der Waals surface area contributed by atoms with Gasteiger partial charge in [-0.3, -0.25) is 14.5 Å². The molecule has 3 heterocycles. The molecule has 7 heteroatoms. The third kappa shape index (κ3) is 5.39. The van der Waals surface area contributed by atoms with E-state index in [-0.39, 0.29) is 17.7 Å². The number of piperidine rings is 1. The van der Waals surface area contributed by atoms with Gasteiger partial charge in [0.25, 0.3) is 0 Å². The minimum Gasteiger partial charge on any atom is -0.356 e. The van der Waals surface area contributed by atoms with Crippen LogP contribution in [0.15, 0.2) is 18.0 Å². The van der Waals surface area contributed by atoms with E-state index in [9.17, 15) is 9.59 Å². The Hall–Kier alpha value is -1.73. The fourth-order valence-corrected chi connectivity index (χ4v) is 4.57. The molecule has 1 aromatic rings. The fourth-order valence-electron chi connectivity index (χ4n) is 3.83. The van der Waals surface area contributed by atoms with E-state index in [0.29, 0.717) is 25.4 Å². The van der Waals surface area contributed by atoms with Crippen LogP contribution >= 0.6 is 11.3 Å². The van der Waals surface area contributed by atoms with E-state index < -0.39 is 0 Å². The summed E-state index contributed by atoms with van der Waals surface area (Å²) in [7, 11) is 0. The number of rotatable bonds is 8. The zero-order valence-electron chi connectivity index (χ0n) is 16.2. The van der Waals surface area contributed by atoms with Crippen molar-refractivity contribution >= 4 is 23.2 Å². The Bertz CT molecular complexity index is 667. The summed E-state index contributed by atoms with van der Waals surface area (Å²) in [6, 6.07) is 0. The van der Waals surface area contributed by atoms with E-state index in [1.807, 2.05) is 0 Å². The molecule has 6 nitrogen and oxygen atoms in total. The van der Waals surface area contributed by atoms with Gasteiger partial charge in [0.15, 0.2) is 0 Å². The van der Waals surface area contributed by atoms with Gasteiger partial charge in [0.1, 0.15) is 0 Å². The predicted molar refractivity (Wildman–Crippen MR) is 107 cm³/mol. The van der Waals surface area contributed by atoms with Gasteiger partial charge in [-0.25, -0.2) is 4.98 Å². The number of nitrogens with zero attached hydrogens (tertiary/aromatic N) is 3. The van der Waals surface area contributed by atoms with E-state index in [2.05, 4.69) is 34.1 Å². The molecule has 1 atom stereocenters. The molecule has 27 heavy (non-hydrogen) atoms. The highest BCUT2D eigenvalue weighted by molar-refractivity contribution is 7.09. The smallest absolute Gasteiger partial charge is 0.225 e. The molecule has 2 aliphatic rings. The number of thiazole rings is 1. The van der Waals surface area contributed by atoms with E-state index >= 15 is 0 Å². The van der Waals surface area contributed by atoms with Crippen LogP contribution in [0.1, 0.15) is 36.9 Å². The first-order chi connectivity index (χ1) is 13.1. The van der Waals surface area contributed by atoms with Crippen LogP contribution in [-0.4, -0.2) is 59.3 Å². The molecule has 0 aromatic carbocycles. The predicted octanol–water partition coefficient (Wildman–Crippen LogP) is 2.07. The van der Waals surface area contributed by atoms with Gasteiger partial charge in [0.2, 0.25) is 11.8 Å². The number of aromatic nitrogens is 1. The highest BCUT2D eigenvalue weighted by atomic mass is 32.1. The second kappa shape index (κ2) is 9.46. The number of amides is 2. The quantitative estimate of drug-likeness (QED) is 0.690. The monoisotopic (exact) mass is 390 g/mol. The summed E-state index contributed by atoms with van der Waals surface area (Å²) in [5.41, 5.74) is 1.18. The van der Waals surface area contributed by atoms with E-state index in [1.165, 1.54) is 10.7 Å². The molecule has 1 aromatic heterocycles. The first-order valence-corrected chi connectivity index (χ1v) is 10.8. The average Bonchev–Trinajstić information content (AvgIpc) is 3.28. The number of aryl methyl sites for hydroxylation is 1. The zero-order chi connectivity index (χ0) is 19.2. The number of carbonyl (C=O) groups excluding carboxylic acids is 2. The van der Waals surface area contributed by atoms with Crippen molar-refractivity contribution in [3.63, 3.8) is 0 Å². The molecule has 2 saturated heterocycles. The summed E-state index contributed by atoms with van der Waals surface area (Å²) in [5.74, 6) is 0.381. The van der Waals surface area contributed by atoms with Crippen molar-refractivity contribution in [2.75, 3.05) is 32.7 Å². The normalized spacial score (nSPS) is 21.6. The topological polar surface area (TPSA) is 65.5 Å². The van der Waals surface area contributed by atoms with Gasteiger partial charge >= 0.3 is 0 Å². The van der Waals surface area contributed by atoms with Gasteiger partial charge in [0, 0.05) is 38.0 Å². The van der Waals surface area contributed by atoms with Crippen LogP contribution in [-0.2, 0) is 22.6 Å². The van der Waals surface area contributed by atoms with Gasteiger partial charge in [-0.1, -0.05) is 13.0 Å². The second-order valence-electron chi connectivity index (χ2n) is 7.54. The number of nitrogens with one attached hydrogen (secondary N) is 1. The number of likely N-dealkylation sites (tertiary alicyclic amines) is 2. The minimum atomic E-state index is -0.213. The van der Waals surface area contributed by atoms with Crippen LogP contribution in [0.25, 0.3) is 0 Å². The Morgan fingerprint density at radius 1 is 1.44 bits per heavy atom. The summed E-state index contributed by atoms with van der Waals surface area (Å²) in [4.78, 5) is 33.1. The van der Waals surface area contributed by atoms with Crippen molar-refractivity contribution in [3.05, 3.63) is 28.7 Å². The lowest BCUT2D eigenvalue weighted by molar-refractivity contribution is -0.128. The summed E-state index contributed by atoms with van der Waals surface area (Å²) in [6.45, 7) is 10.6. The van der Waals surface area contributed by atoms with Gasteiger partial charge in [-0.15, -0.1) is 17.9 Å². The lowest BCUT2D eigenvalue weighted by atomic mass is 9.96. The van der Waals surface area contributed by atoms with Crippen LogP contribution in [0.2, 0.25) is 0 Å². The standard InChI is InChI=1S/C20H30N4O2S/c1-3-7-24-12-16(10-19(24)25)20(26)21-11-15-5-8-23(9-6-15)13-17-14-27-18(4-2)22-17/h3,14-16H,1,4-13H2,2H3,(H,21,26). The van der Waals surface area contributed by atoms with Crippen LogP contribution < -0.4 is 5.32 Å². The zero-order valence-corrected chi connectivity index (χ0v) is 17.0. The Balaban J connectivity index is 1.36. The SMILES string of the molecule is C=CCN1CC(C(=O)NCC2CCN(Cc3csc(CC)n3)CC2)CC1=O. The van der Waals surface area contributed by atoms with Crippen molar-refractivity contribution < 1.29 is 9.59 Å². The van der Waals surface area contributed by atoms with E-state index in [4.69, 9.17) is 0 Å². The molecule has 0 saturated carbocycles. The Morgan fingerprint density at radius 3 is 2.89 bits per heavy atom. The maximum absolute atomic E-state index is 12.4. The molecular formula is C20H30N4O2S. The van der Waals surface area contributed by atoms with Gasteiger partial charge in [0.05, 0.1) is 16.6 Å². The molecule has 148 valence electrons. The summed E-state index contributed by atoms with van der Waals surface area (Å²) < 4.78 is 0. The Labute approximate surface area is 165 Å². The first kappa shape index (κ1) is 20.0. The van der Waals surface area contributed by atoms with Crippen molar-refractivity contribution in [2.24, 2.45) is 11.8 Å². The molecular weight excluding hydrogens is 360 g/mol. The van der Waals surface area contributed by atoms with Crippen molar-refractivity contribution in [1.29, 1.82) is 0 Å². The van der Waals surface area contributed by atoms with E-state index in [1.54, 1.807) is 22.3 Å². The van der Waals surface area contributed by atoms with Gasteiger partial charge < -0.3 is 10.2 Å². The van der Waals surface area contributed by atoms with Crippen molar-refractivity contribution in [3.8, 4) is 0 Å². The average molecular weight is 391 g/mol. The van der Waals surface area contributed by atoms with Crippen LogP contribution in [0.5, 0.6) is 0 Å². The highest BCUT2D eigenvalue weighted by Crippen LogP contribution is 2.21. The molecule has 0 bridgehead atoms. The summed E-state index contributed by atoms with van der Waals surface area (Å²) in [6.07, 6.45) is 5.23.